The summed E-state index contributed by atoms with van der Waals surface area (Å²) in [6.45, 7) is 4.94. The summed E-state index contributed by atoms with van der Waals surface area (Å²) in [4.78, 5) is 25.1. The van der Waals surface area contributed by atoms with Crippen molar-refractivity contribution in [2.75, 3.05) is 13.1 Å². The van der Waals surface area contributed by atoms with Crippen LogP contribution >= 0.6 is 11.3 Å². The minimum absolute atomic E-state index is 0.332. The Morgan fingerprint density at radius 2 is 2.07 bits per heavy atom. The van der Waals surface area contributed by atoms with Crippen molar-refractivity contribution in [2.24, 2.45) is 0 Å². The summed E-state index contributed by atoms with van der Waals surface area (Å²) >= 11 is 1.32. The van der Waals surface area contributed by atoms with Crippen molar-refractivity contribution in [1.82, 2.24) is 10.2 Å². The lowest BCUT2D eigenvalue weighted by Gasteiger charge is -2.18. The zero-order valence-electron chi connectivity index (χ0n) is 8.82. The molecule has 0 aliphatic heterocycles. The molecule has 5 heteroatoms. The van der Waals surface area contributed by atoms with Crippen LogP contribution in [0.1, 0.15) is 23.5 Å². The number of carbonyl (C=O) groups excluding carboxylic acids is 2. The van der Waals surface area contributed by atoms with Crippen LogP contribution in [-0.4, -0.2) is 29.9 Å². The number of urea groups is 1. The monoisotopic (exact) mass is 226 g/mol. The summed E-state index contributed by atoms with van der Waals surface area (Å²) in [5, 5.41) is 4.15. The first kappa shape index (κ1) is 11.7. The summed E-state index contributed by atoms with van der Waals surface area (Å²) < 4.78 is 0. The molecule has 0 aromatic carbocycles. The third-order valence-corrected chi connectivity index (χ3v) is 2.88. The maximum atomic E-state index is 11.5. The smallest absolute Gasteiger partial charge is 0.324 e. The van der Waals surface area contributed by atoms with E-state index in [1.165, 1.54) is 11.3 Å². The van der Waals surface area contributed by atoms with Crippen molar-refractivity contribution in [3.8, 4) is 0 Å². The molecule has 4 nitrogen and oxygen atoms in total. The Labute approximate surface area is 92.9 Å². The van der Waals surface area contributed by atoms with Crippen LogP contribution in [-0.2, 0) is 0 Å². The normalized spacial score (nSPS) is 9.73. The van der Waals surface area contributed by atoms with Gasteiger partial charge in [0.05, 0.1) is 4.88 Å². The van der Waals surface area contributed by atoms with Crippen molar-refractivity contribution in [3.63, 3.8) is 0 Å². The molecular formula is C10H14N2O2S. The Kier molecular flexibility index (Phi) is 4.30. The number of rotatable bonds is 3. The average molecular weight is 226 g/mol. The van der Waals surface area contributed by atoms with Crippen molar-refractivity contribution >= 4 is 23.3 Å². The van der Waals surface area contributed by atoms with E-state index < -0.39 is 0 Å². The largest absolute Gasteiger partial charge is 0.325 e. The van der Waals surface area contributed by atoms with E-state index in [9.17, 15) is 9.59 Å². The standard InChI is InChI=1S/C10H14N2O2S/c1-3-12(4-2)10(14)11-9(13)8-6-5-7-15-8/h5-7H,3-4H2,1-2H3,(H,11,13,14). The minimum atomic E-state index is -0.335. The number of hydrogen-bond acceptors (Lipinski definition) is 3. The van der Waals surface area contributed by atoms with Gasteiger partial charge in [-0.1, -0.05) is 6.07 Å². The molecule has 0 bridgehead atoms. The first-order valence-electron chi connectivity index (χ1n) is 4.82. The van der Waals surface area contributed by atoms with Gasteiger partial charge in [0, 0.05) is 13.1 Å². The van der Waals surface area contributed by atoms with Gasteiger partial charge in [-0.2, -0.15) is 0 Å². The number of carbonyl (C=O) groups is 2. The number of imide groups is 1. The third kappa shape index (κ3) is 3.06. The molecule has 0 fully saturated rings. The van der Waals surface area contributed by atoms with E-state index in [4.69, 9.17) is 0 Å². The van der Waals surface area contributed by atoms with Gasteiger partial charge >= 0.3 is 6.03 Å². The van der Waals surface area contributed by atoms with Gasteiger partial charge in [-0.3, -0.25) is 10.1 Å². The lowest BCUT2D eigenvalue weighted by molar-refractivity contribution is 0.0957. The predicted octanol–water partition coefficient (Wildman–Crippen LogP) is 1.94. The highest BCUT2D eigenvalue weighted by atomic mass is 32.1. The van der Waals surface area contributed by atoms with Crippen molar-refractivity contribution in [1.29, 1.82) is 0 Å². The summed E-state index contributed by atoms with van der Waals surface area (Å²) in [5.41, 5.74) is 0. The van der Waals surface area contributed by atoms with Crippen LogP contribution in [0.15, 0.2) is 17.5 Å². The SMILES string of the molecule is CCN(CC)C(=O)NC(=O)c1cccs1. The van der Waals surface area contributed by atoms with Gasteiger partial charge in [0.15, 0.2) is 0 Å². The quantitative estimate of drug-likeness (QED) is 0.856. The molecule has 0 spiro atoms. The number of thiophene rings is 1. The Hall–Kier alpha value is -1.36. The van der Waals surface area contributed by atoms with Gasteiger partial charge in [0.2, 0.25) is 0 Å². The van der Waals surface area contributed by atoms with E-state index in [0.29, 0.717) is 18.0 Å². The summed E-state index contributed by atoms with van der Waals surface area (Å²) in [5.74, 6) is -0.332. The fourth-order valence-corrected chi connectivity index (χ4v) is 1.78. The molecular weight excluding hydrogens is 212 g/mol. The maximum absolute atomic E-state index is 11.5. The van der Waals surface area contributed by atoms with E-state index in [-0.39, 0.29) is 11.9 Å². The molecule has 0 radical (unpaired) electrons. The Balaban J connectivity index is 2.55. The third-order valence-electron chi connectivity index (χ3n) is 2.02. The van der Waals surface area contributed by atoms with Crippen molar-refractivity contribution in [2.45, 2.75) is 13.8 Å². The highest BCUT2D eigenvalue weighted by molar-refractivity contribution is 7.12. The molecule has 0 aliphatic carbocycles. The molecule has 0 saturated carbocycles. The van der Waals surface area contributed by atoms with E-state index >= 15 is 0 Å². The van der Waals surface area contributed by atoms with E-state index in [2.05, 4.69) is 5.32 Å². The zero-order valence-corrected chi connectivity index (χ0v) is 9.63. The molecule has 0 aliphatic rings. The fourth-order valence-electron chi connectivity index (χ4n) is 1.16. The van der Waals surface area contributed by atoms with Crippen LogP contribution in [0, 0.1) is 0 Å². The highest BCUT2D eigenvalue weighted by Gasteiger charge is 2.14. The molecule has 1 aromatic heterocycles. The summed E-state index contributed by atoms with van der Waals surface area (Å²) in [7, 11) is 0. The second kappa shape index (κ2) is 5.50. The molecule has 1 N–H and O–H groups in total. The van der Waals surface area contributed by atoms with Gasteiger partial charge in [0.1, 0.15) is 0 Å². The molecule has 3 amide bonds. The molecule has 82 valence electrons. The molecule has 15 heavy (non-hydrogen) atoms. The van der Waals surface area contributed by atoms with Crippen LogP contribution in [0.5, 0.6) is 0 Å². The molecule has 1 heterocycles. The second-order valence-corrected chi connectivity index (χ2v) is 3.86. The van der Waals surface area contributed by atoms with Crippen molar-refractivity contribution in [3.05, 3.63) is 22.4 Å². The van der Waals surface area contributed by atoms with Crippen LogP contribution in [0.2, 0.25) is 0 Å². The number of nitrogens with one attached hydrogen (secondary N) is 1. The van der Waals surface area contributed by atoms with Crippen LogP contribution in [0.4, 0.5) is 4.79 Å². The first-order valence-corrected chi connectivity index (χ1v) is 5.70. The van der Waals surface area contributed by atoms with Gasteiger partial charge in [-0.25, -0.2) is 4.79 Å². The lowest BCUT2D eigenvalue weighted by Crippen LogP contribution is -2.42. The lowest BCUT2D eigenvalue weighted by atomic mass is 10.4. The number of amides is 3. The summed E-state index contributed by atoms with van der Waals surface area (Å²) in [6.07, 6.45) is 0. The van der Waals surface area contributed by atoms with Crippen LogP contribution in [0.3, 0.4) is 0 Å². The fraction of sp³-hybridized carbons (Fsp3) is 0.400. The molecule has 1 aromatic rings. The number of hydrogen-bond donors (Lipinski definition) is 1. The van der Waals surface area contributed by atoms with E-state index in [1.54, 1.807) is 22.4 Å². The average Bonchev–Trinajstić information content (AvgIpc) is 2.72. The Bertz CT molecular complexity index is 331. The minimum Gasteiger partial charge on any atom is -0.325 e. The molecule has 0 saturated heterocycles. The van der Waals surface area contributed by atoms with E-state index in [1.807, 2.05) is 13.8 Å². The zero-order chi connectivity index (χ0) is 11.3. The molecule has 0 atom stereocenters. The Morgan fingerprint density at radius 1 is 1.40 bits per heavy atom. The summed E-state index contributed by atoms with van der Waals surface area (Å²) in [6, 6.07) is 3.13. The number of nitrogens with zero attached hydrogens (tertiary/aromatic N) is 1. The molecule has 1 rings (SSSR count). The van der Waals surface area contributed by atoms with E-state index in [0.717, 1.165) is 0 Å². The Morgan fingerprint density at radius 3 is 2.53 bits per heavy atom. The van der Waals surface area contributed by atoms with Gasteiger partial charge in [0.25, 0.3) is 5.91 Å². The highest BCUT2D eigenvalue weighted by Crippen LogP contribution is 2.07. The van der Waals surface area contributed by atoms with Crippen molar-refractivity contribution < 1.29 is 9.59 Å². The van der Waals surface area contributed by atoms with Crippen LogP contribution < -0.4 is 5.32 Å². The molecule has 0 unspecified atom stereocenters. The van der Waals surface area contributed by atoms with Gasteiger partial charge < -0.3 is 4.90 Å². The maximum Gasteiger partial charge on any atom is 0.324 e. The topological polar surface area (TPSA) is 49.4 Å². The predicted molar refractivity (Wildman–Crippen MR) is 60.1 cm³/mol. The van der Waals surface area contributed by atoms with Gasteiger partial charge in [-0.15, -0.1) is 11.3 Å². The van der Waals surface area contributed by atoms with Gasteiger partial charge in [-0.05, 0) is 25.3 Å². The second-order valence-electron chi connectivity index (χ2n) is 2.91. The first-order chi connectivity index (χ1) is 7.19. The van der Waals surface area contributed by atoms with Crippen LogP contribution in [0.25, 0.3) is 0 Å².